The Morgan fingerprint density at radius 3 is 2.71 bits per heavy atom. The Morgan fingerprint density at radius 1 is 1.43 bits per heavy atom. The fraction of sp³-hybridized carbons (Fsp3) is 0.533. The number of pyridine rings is 1. The fourth-order valence-electron chi connectivity index (χ4n) is 2.49. The molecule has 1 atom stereocenters. The van der Waals surface area contributed by atoms with Crippen molar-refractivity contribution in [1.82, 2.24) is 15.2 Å². The molecule has 1 aromatic heterocycles. The SMILES string of the molecule is CC(CNC(=O)c1ccc(C(N)=S)cn1)N1CCCCC1. The molecule has 1 unspecified atom stereocenters. The molecule has 1 aliphatic heterocycles. The van der Waals surface area contributed by atoms with Gasteiger partial charge in [0.2, 0.25) is 0 Å². The van der Waals surface area contributed by atoms with Gasteiger partial charge in [-0.05, 0) is 45.0 Å². The Labute approximate surface area is 130 Å². The number of likely N-dealkylation sites (tertiary alicyclic amines) is 1. The number of amides is 1. The van der Waals surface area contributed by atoms with Gasteiger partial charge in [0.15, 0.2) is 0 Å². The van der Waals surface area contributed by atoms with Gasteiger partial charge in [-0.25, -0.2) is 0 Å². The molecular weight excluding hydrogens is 284 g/mol. The molecule has 5 nitrogen and oxygen atoms in total. The average molecular weight is 306 g/mol. The summed E-state index contributed by atoms with van der Waals surface area (Å²) in [6.45, 7) is 5.03. The first-order valence-electron chi connectivity index (χ1n) is 7.36. The maximum absolute atomic E-state index is 12.1. The molecule has 6 heteroatoms. The van der Waals surface area contributed by atoms with Crippen molar-refractivity contribution in [2.75, 3.05) is 19.6 Å². The molecule has 0 bridgehead atoms. The van der Waals surface area contributed by atoms with Gasteiger partial charge in [0, 0.05) is 24.3 Å². The predicted molar refractivity (Wildman–Crippen MR) is 87.3 cm³/mol. The molecule has 1 aromatic rings. The third kappa shape index (κ3) is 4.47. The van der Waals surface area contributed by atoms with Crippen LogP contribution in [0.5, 0.6) is 0 Å². The lowest BCUT2D eigenvalue weighted by Gasteiger charge is -2.32. The van der Waals surface area contributed by atoms with Crippen molar-refractivity contribution < 1.29 is 4.79 Å². The largest absolute Gasteiger partial charge is 0.389 e. The summed E-state index contributed by atoms with van der Waals surface area (Å²) in [5.41, 5.74) is 6.57. The number of nitrogens with one attached hydrogen (secondary N) is 1. The number of thiocarbonyl (C=S) groups is 1. The Bertz CT molecular complexity index is 497. The fourth-order valence-corrected chi connectivity index (χ4v) is 2.61. The van der Waals surface area contributed by atoms with Gasteiger partial charge in [0.25, 0.3) is 5.91 Å². The lowest BCUT2D eigenvalue weighted by molar-refractivity contribution is 0.0925. The van der Waals surface area contributed by atoms with Crippen LogP contribution in [0.2, 0.25) is 0 Å². The van der Waals surface area contributed by atoms with Gasteiger partial charge >= 0.3 is 0 Å². The zero-order valence-electron chi connectivity index (χ0n) is 12.3. The lowest BCUT2D eigenvalue weighted by Crippen LogP contribution is -2.44. The van der Waals surface area contributed by atoms with Gasteiger partial charge in [-0.3, -0.25) is 14.7 Å². The molecule has 1 fully saturated rings. The highest BCUT2D eigenvalue weighted by Crippen LogP contribution is 2.11. The number of hydrogen-bond acceptors (Lipinski definition) is 4. The lowest BCUT2D eigenvalue weighted by atomic mass is 10.1. The Kier molecular flexibility index (Phi) is 5.64. The first kappa shape index (κ1) is 15.9. The van der Waals surface area contributed by atoms with Crippen LogP contribution in [0.15, 0.2) is 18.3 Å². The summed E-state index contributed by atoms with van der Waals surface area (Å²) in [6, 6.07) is 3.72. The molecule has 2 rings (SSSR count). The van der Waals surface area contributed by atoms with E-state index in [2.05, 4.69) is 22.1 Å². The zero-order valence-corrected chi connectivity index (χ0v) is 13.2. The molecule has 0 aliphatic carbocycles. The van der Waals surface area contributed by atoms with Crippen LogP contribution in [0, 0.1) is 0 Å². The van der Waals surface area contributed by atoms with Crippen molar-refractivity contribution in [2.24, 2.45) is 5.73 Å². The Balaban J connectivity index is 1.84. The number of piperidine rings is 1. The topological polar surface area (TPSA) is 71.2 Å². The van der Waals surface area contributed by atoms with E-state index in [9.17, 15) is 4.79 Å². The molecule has 1 saturated heterocycles. The predicted octanol–water partition coefficient (Wildman–Crippen LogP) is 1.32. The van der Waals surface area contributed by atoms with Crippen LogP contribution in [0.25, 0.3) is 0 Å². The van der Waals surface area contributed by atoms with Crippen LogP contribution in [0.4, 0.5) is 0 Å². The Hall–Kier alpha value is -1.53. The average Bonchev–Trinajstić information content (AvgIpc) is 2.53. The van der Waals surface area contributed by atoms with E-state index in [0.717, 1.165) is 13.1 Å². The third-order valence-electron chi connectivity index (χ3n) is 3.85. The van der Waals surface area contributed by atoms with Crippen molar-refractivity contribution in [1.29, 1.82) is 0 Å². The van der Waals surface area contributed by atoms with Crippen LogP contribution in [0.3, 0.4) is 0 Å². The minimum Gasteiger partial charge on any atom is -0.389 e. The minimum atomic E-state index is -0.159. The van der Waals surface area contributed by atoms with Crippen molar-refractivity contribution in [2.45, 2.75) is 32.2 Å². The normalized spacial score (nSPS) is 17.2. The molecule has 0 radical (unpaired) electrons. The quantitative estimate of drug-likeness (QED) is 0.803. The summed E-state index contributed by atoms with van der Waals surface area (Å²) >= 11 is 4.86. The van der Waals surface area contributed by atoms with Crippen LogP contribution in [-0.2, 0) is 0 Å². The summed E-state index contributed by atoms with van der Waals surface area (Å²) in [4.78, 5) is 18.9. The van der Waals surface area contributed by atoms with E-state index in [1.165, 1.54) is 25.5 Å². The van der Waals surface area contributed by atoms with Crippen LogP contribution >= 0.6 is 12.2 Å². The number of carbonyl (C=O) groups excluding carboxylic acids is 1. The molecule has 0 saturated carbocycles. The molecule has 21 heavy (non-hydrogen) atoms. The Morgan fingerprint density at radius 2 is 2.14 bits per heavy atom. The first-order chi connectivity index (χ1) is 10.1. The summed E-state index contributed by atoms with van der Waals surface area (Å²) < 4.78 is 0. The van der Waals surface area contributed by atoms with E-state index in [0.29, 0.717) is 23.8 Å². The van der Waals surface area contributed by atoms with E-state index >= 15 is 0 Å². The molecular formula is C15H22N4OS. The van der Waals surface area contributed by atoms with Crippen molar-refractivity contribution in [3.05, 3.63) is 29.6 Å². The summed E-state index contributed by atoms with van der Waals surface area (Å²) in [7, 11) is 0. The van der Waals surface area contributed by atoms with E-state index in [-0.39, 0.29) is 10.9 Å². The minimum absolute atomic E-state index is 0.159. The first-order valence-corrected chi connectivity index (χ1v) is 7.77. The van der Waals surface area contributed by atoms with Crippen molar-refractivity contribution in [3.8, 4) is 0 Å². The second-order valence-corrected chi connectivity index (χ2v) is 5.89. The van der Waals surface area contributed by atoms with Gasteiger partial charge in [0.1, 0.15) is 10.7 Å². The monoisotopic (exact) mass is 306 g/mol. The summed E-state index contributed by atoms with van der Waals surface area (Å²) in [6.07, 6.45) is 5.35. The highest BCUT2D eigenvalue weighted by Gasteiger charge is 2.17. The molecule has 114 valence electrons. The molecule has 0 aromatic carbocycles. The molecule has 1 amide bonds. The van der Waals surface area contributed by atoms with Crippen LogP contribution in [-0.4, -0.2) is 46.5 Å². The van der Waals surface area contributed by atoms with Gasteiger partial charge < -0.3 is 11.1 Å². The van der Waals surface area contributed by atoms with Gasteiger partial charge in [-0.2, -0.15) is 0 Å². The van der Waals surface area contributed by atoms with E-state index in [1.807, 2.05) is 0 Å². The van der Waals surface area contributed by atoms with E-state index in [1.54, 1.807) is 12.1 Å². The van der Waals surface area contributed by atoms with Gasteiger partial charge in [-0.15, -0.1) is 0 Å². The third-order valence-corrected chi connectivity index (χ3v) is 4.09. The zero-order chi connectivity index (χ0) is 15.2. The molecule has 0 spiro atoms. The van der Waals surface area contributed by atoms with E-state index in [4.69, 9.17) is 18.0 Å². The summed E-state index contributed by atoms with van der Waals surface area (Å²) in [5, 5.41) is 2.94. The second-order valence-electron chi connectivity index (χ2n) is 5.45. The number of nitrogens with two attached hydrogens (primary N) is 1. The summed E-state index contributed by atoms with van der Waals surface area (Å²) in [5.74, 6) is -0.159. The highest BCUT2D eigenvalue weighted by molar-refractivity contribution is 7.80. The number of carbonyl (C=O) groups is 1. The number of rotatable bonds is 5. The number of hydrogen-bond donors (Lipinski definition) is 2. The van der Waals surface area contributed by atoms with Crippen molar-refractivity contribution >= 4 is 23.1 Å². The molecule has 2 heterocycles. The van der Waals surface area contributed by atoms with Crippen molar-refractivity contribution in [3.63, 3.8) is 0 Å². The number of nitrogens with zero attached hydrogens (tertiary/aromatic N) is 2. The smallest absolute Gasteiger partial charge is 0.269 e. The second kappa shape index (κ2) is 7.47. The van der Waals surface area contributed by atoms with Gasteiger partial charge in [-0.1, -0.05) is 18.6 Å². The maximum atomic E-state index is 12.1. The molecule has 3 N–H and O–H groups in total. The van der Waals surface area contributed by atoms with Crippen LogP contribution < -0.4 is 11.1 Å². The standard InChI is InChI=1S/C15H22N4OS/c1-11(19-7-3-2-4-8-19)9-18-15(20)13-6-5-12(10-17-13)14(16)21/h5-6,10-11H,2-4,7-9H2,1H3,(H2,16,21)(H,18,20). The van der Waals surface area contributed by atoms with E-state index < -0.39 is 0 Å². The highest BCUT2D eigenvalue weighted by atomic mass is 32.1. The molecule has 1 aliphatic rings. The maximum Gasteiger partial charge on any atom is 0.269 e. The van der Waals surface area contributed by atoms with Gasteiger partial charge in [0.05, 0.1) is 0 Å². The van der Waals surface area contributed by atoms with Crippen LogP contribution in [0.1, 0.15) is 42.2 Å². The number of aromatic nitrogens is 1.